The normalized spacial score (nSPS) is 19.5. The average Bonchev–Trinajstić information content (AvgIpc) is 3.30. The molecule has 0 bridgehead atoms. The molecule has 0 saturated carbocycles. The molecule has 0 saturated heterocycles. The van der Waals surface area contributed by atoms with Crippen LogP contribution in [0.2, 0.25) is 0 Å². The summed E-state index contributed by atoms with van der Waals surface area (Å²) in [6, 6.07) is 32.0. The minimum atomic E-state index is -0.249. The molecular formula is C41H41N. The molecule has 42 heavy (non-hydrogen) atoms. The molecule has 1 nitrogen and oxygen atoms in total. The first kappa shape index (κ1) is 26.9. The molecule has 4 aromatic rings. The zero-order valence-corrected chi connectivity index (χ0v) is 25.0. The van der Waals surface area contributed by atoms with Gasteiger partial charge in [-0.05, 0) is 113 Å². The van der Waals surface area contributed by atoms with E-state index < -0.39 is 0 Å². The molecule has 0 heterocycles. The maximum Gasteiger partial charge on any atom is 0.0678 e. The summed E-state index contributed by atoms with van der Waals surface area (Å²) in [5, 5.41) is 6.36. The van der Waals surface area contributed by atoms with Gasteiger partial charge in [-0.15, -0.1) is 0 Å². The van der Waals surface area contributed by atoms with E-state index in [0.717, 1.165) is 32.4 Å². The number of allylic oxidation sites excluding steroid dienone is 8. The van der Waals surface area contributed by atoms with E-state index >= 15 is 0 Å². The van der Waals surface area contributed by atoms with Gasteiger partial charge in [-0.2, -0.15) is 0 Å². The first-order valence-electron chi connectivity index (χ1n) is 15.9. The Hall–Kier alpha value is -3.94. The summed E-state index contributed by atoms with van der Waals surface area (Å²) in [4.78, 5) is 0. The Morgan fingerprint density at radius 2 is 1.40 bits per heavy atom. The van der Waals surface area contributed by atoms with Crippen molar-refractivity contribution in [1.82, 2.24) is 5.32 Å². The maximum atomic E-state index is 3.70. The summed E-state index contributed by atoms with van der Waals surface area (Å²) in [5.41, 5.74) is 14.4. The van der Waals surface area contributed by atoms with Crippen molar-refractivity contribution >= 4 is 10.8 Å². The zero-order valence-electron chi connectivity index (χ0n) is 25.0. The molecule has 0 fully saturated rings. The predicted molar refractivity (Wildman–Crippen MR) is 179 cm³/mol. The smallest absolute Gasteiger partial charge is 0.0678 e. The number of nitrogens with one attached hydrogen (secondary N) is 1. The summed E-state index contributed by atoms with van der Waals surface area (Å²) in [7, 11) is 0. The molecule has 210 valence electrons. The standard InChI is InChI=1S/C41H41N/c1-3-13-32-17-10-12-21-38(32)41(37-20-11-7-14-29(37)2)39-23-22-31(28-42-27-30-15-5-4-6-16-30)24-35(39)36-25-33-18-8-9-19-34(33)26-40(36)41/h4-9,12,14-16,18-19,21-26,42H,3,10-11,13,17,20,27-28H2,1-2H3. The highest BCUT2D eigenvalue weighted by atomic mass is 14.8. The van der Waals surface area contributed by atoms with Crippen LogP contribution in [0, 0.1) is 0 Å². The number of rotatable bonds is 8. The fraction of sp³-hybridized carbons (Fsp3) is 0.268. The zero-order chi connectivity index (χ0) is 28.5. The Morgan fingerprint density at radius 1 is 0.690 bits per heavy atom. The van der Waals surface area contributed by atoms with E-state index in [1.807, 2.05) is 0 Å². The van der Waals surface area contributed by atoms with E-state index in [-0.39, 0.29) is 5.41 Å². The summed E-state index contributed by atoms with van der Waals surface area (Å²) in [6.45, 7) is 6.41. The van der Waals surface area contributed by atoms with Crippen molar-refractivity contribution in [2.75, 3.05) is 0 Å². The first-order chi connectivity index (χ1) is 20.7. The molecule has 0 radical (unpaired) electrons. The lowest BCUT2D eigenvalue weighted by Gasteiger charge is -2.41. The van der Waals surface area contributed by atoms with Crippen molar-refractivity contribution in [3.63, 3.8) is 0 Å². The molecule has 3 aliphatic carbocycles. The lowest BCUT2D eigenvalue weighted by atomic mass is 9.61. The minimum absolute atomic E-state index is 0.249. The van der Waals surface area contributed by atoms with Gasteiger partial charge in [0.15, 0.2) is 0 Å². The molecule has 7 rings (SSSR count). The van der Waals surface area contributed by atoms with Gasteiger partial charge in [0.2, 0.25) is 0 Å². The lowest BCUT2D eigenvalue weighted by molar-refractivity contribution is 0.652. The van der Waals surface area contributed by atoms with Crippen LogP contribution in [0.25, 0.3) is 21.9 Å². The first-order valence-corrected chi connectivity index (χ1v) is 15.9. The van der Waals surface area contributed by atoms with Gasteiger partial charge in [0.25, 0.3) is 0 Å². The van der Waals surface area contributed by atoms with E-state index in [1.54, 1.807) is 16.7 Å². The van der Waals surface area contributed by atoms with Crippen molar-refractivity contribution < 1.29 is 0 Å². The highest BCUT2D eigenvalue weighted by Crippen LogP contribution is 2.61. The molecule has 1 N–H and O–H groups in total. The summed E-state index contributed by atoms with van der Waals surface area (Å²) < 4.78 is 0. The monoisotopic (exact) mass is 547 g/mol. The topological polar surface area (TPSA) is 12.0 Å². The Labute approximate surface area is 251 Å². The maximum absolute atomic E-state index is 3.70. The van der Waals surface area contributed by atoms with E-state index in [9.17, 15) is 0 Å². The second-order valence-electron chi connectivity index (χ2n) is 12.3. The van der Waals surface area contributed by atoms with Crippen LogP contribution in [0.1, 0.15) is 74.6 Å². The third-order valence-corrected chi connectivity index (χ3v) is 9.66. The van der Waals surface area contributed by atoms with Crippen LogP contribution in [-0.2, 0) is 18.5 Å². The van der Waals surface area contributed by atoms with Crippen LogP contribution in [0.5, 0.6) is 0 Å². The molecule has 0 spiro atoms. The molecule has 0 amide bonds. The predicted octanol–water partition coefficient (Wildman–Crippen LogP) is 10.5. The molecule has 4 aromatic carbocycles. The molecule has 1 unspecified atom stereocenters. The quantitative estimate of drug-likeness (QED) is 0.231. The van der Waals surface area contributed by atoms with Crippen LogP contribution in [0.3, 0.4) is 0 Å². The number of hydrogen-bond donors (Lipinski definition) is 1. The van der Waals surface area contributed by atoms with Crippen molar-refractivity contribution in [2.24, 2.45) is 0 Å². The number of hydrogen-bond acceptors (Lipinski definition) is 1. The van der Waals surface area contributed by atoms with Crippen molar-refractivity contribution in [3.05, 3.63) is 154 Å². The average molecular weight is 548 g/mol. The van der Waals surface area contributed by atoms with Gasteiger partial charge in [0, 0.05) is 13.1 Å². The highest BCUT2D eigenvalue weighted by molar-refractivity contribution is 5.96. The number of fused-ring (bicyclic) bond motifs is 4. The van der Waals surface area contributed by atoms with Crippen LogP contribution >= 0.6 is 0 Å². The Morgan fingerprint density at radius 3 is 2.21 bits per heavy atom. The molecule has 1 heteroatoms. The second-order valence-corrected chi connectivity index (χ2v) is 12.3. The van der Waals surface area contributed by atoms with Gasteiger partial charge in [0.1, 0.15) is 0 Å². The van der Waals surface area contributed by atoms with Gasteiger partial charge < -0.3 is 5.32 Å². The lowest BCUT2D eigenvalue weighted by Crippen LogP contribution is -2.33. The summed E-state index contributed by atoms with van der Waals surface area (Å²) >= 11 is 0. The minimum Gasteiger partial charge on any atom is -0.309 e. The third kappa shape index (κ3) is 4.52. The van der Waals surface area contributed by atoms with Crippen molar-refractivity contribution in [1.29, 1.82) is 0 Å². The van der Waals surface area contributed by atoms with Gasteiger partial charge in [-0.3, -0.25) is 0 Å². The second kappa shape index (κ2) is 11.4. The Bertz CT molecular complexity index is 1760. The SMILES string of the molecule is CCCC1=C(C2(C3=C(C)C=CCC3)c3ccc(CNCc4ccccc4)cc3-c3cc4ccccc4cc32)C=CCC1. The number of benzene rings is 4. The molecular weight excluding hydrogens is 506 g/mol. The highest BCUT2D eigenvalue weighted by Gasteiger charge is 2.49. The van der Waals surface area contributed by atoms with Gasteiger partial charge in [-0.25, -0.2) is 0 Å². The Kier molecular flexibility index (Phi) is 7.30. The summed E-state index contributed by atoms with van der Waals surface area (Å²) in [6.07, 6.45) is 16.6. The van der Waals surface area contributed by atoms with Crippen molar-refractivity contribution in [2.45, 2.75) is 70.9 Å². The van der Waals surface area contributed by atoms with Crippen LogP contribution in [0.4, 0.5) is 0 Å². The van der Waals surface area contributed by atoms with Gasteiger partial charge in [0.05, 0.1) is 5.41 Å². The molecule has 0 aliphatic heterocycles. The fourth-order valence-corrected chi connectivity index (χ4v) is 7.83. The van der Waals surface area contributed by atoms with Crippen molar-refractivity contribution in [3.8, 4) is 11.1 Å². The van der Waals surface area contributed by atoms with E-state index in [4.69, 9.17) is 0 Å². The van der Waals surface area contributed by atoms with Crippen LogP contribution in [-0.4, -0.2) is 0 Å². The summed E-state index contributed by atoms with van der Waals surface area (Å²) in [5.74, 6) is 0. The molecule has 3 aliphatic rings. The molecule has 1 atom stereocenters. The van der Waals surface area contributed by atoms with E-state index in [1.165, 1.54) is 69.0 Å². The van der Waals surface area contributed by atoms with E-state index in [0.29, 0.717) is 0 Å². The fourth-order valence-electron chi connectivity index (χ4n) is 7.83. The van der Waals surface area contributed by atoms with Crippen LogP contribution in [0.15, 0.2) is 132 Å². The third-order valence-electron chi connectivity index (χ3n) is 9.66. The van der Waals surface area contributed by atoms with E-state index in [2.05, 4.69) is 128 Å². The van der Waals surface area contributed by atoms with Crippen LogP contribution < -0.4 is 5.32 Å². The largest absolute Gasteiger partial charge is 0.309 e. The van der Waals surface area contributed by atoms with Gasteiger partial charge in [-0.1, -0.05) is 116 Å². The van der Waals surface area contributed by atoms with Gasteiger partial charge >= 0.3 is 0 Å². The molecule has 0 aromatic heterocycles. The Balaban J connectivity index is 1.46.